The van der Waals surface area contributed by atoms with E-state index in [9.17, 15) is 4.79 Å². The van der Waals surface area contributed by atoms with Crippen LogP contribution in [-0.4, -0.2) is 11.1 Å². The predicted octanol–water partition coefficient (Wildman–Crippen LogP) is 4.41. The van der Waals surface area contributed by atoms with Crippen molar-refractivity contribution >= 4 is 23.1 Å². The molecule has 26 heavy (non-hydrogen) atoms. The van der Waals surface area contributed by atoms with Crippen LogP contribution in [0.15, 0.2) is 53.3 Å². The first-order valence-electron chi connectivity index (χ1n) is 8.50. The minimum atomic E-state index is -0.205. The normalized spacial score (nSPS) is 13.1. The summed E-state index contributed by atoms with van der Waals surface area (Å²) in [5, 5.41) is 13.0. The molecule has 0 bridgehead atoms. The maximum atomic E-state index is 12.2. The van der Waals surface area contributed by atoms with Crippen molar-refractivity contribution < 1.29 is 9.32 Å². The van der Waals surface area contributed by atoms with E-state index in [4.69, 9.17) is 4.52 Å². The number of rotatable bonds is 5. The van der Waals surface area contributed by atoms with Crippen LogP contribution in [0.3, 0.4) is 0 Å². The van der Waals surface area contributed by atoms with E-state index >= 15 is 0 Å². The Balaban J connectivity index is 1.55. The molecule has 1 aromatic heterocycles. The number of benzene rings is 1. The van der Waals surface area contributed by atoms with Crippen molar-refractivity contribution in [2.45, 2.75) is 39.0 Å². The molecule has 1 aliphatic heterocycles. The van der Waals surface area contributed by atoms with E-state index in [1.54, 1.807) is 6.07 Å². The zero-order chi connectivity index (χ0) is 18.9. The number of aromatic nitrogens is 1. The van der Waals surface area contributed by atoms with Gasteiger partial charge in [0.15, 0.2) is 5.82 Å². The van der Waals surface area contributed by atoms with Crippen molar-refractivity contribution in [2.24, 2.45) is 0 Å². The molecule has 0 fully saturated rings. The van der Waals surface area contributed by atoms with Crippen LogP contribution in [0.4, 0.5) is 17.2 Å². The lowest BCUT2D eigenvalue weighted by Crippen LogP contribution is -2.15. The molecule has 6 nitrogen and oxygen atoms in total. The monoisotopic (exact) mass is 352 g/mol. The summed E-state index contributed by atoms with van der Waals surface area (Å²) in [4.78, 5) is 12.2. The second-order valence-corrected chi connectivity index (χ2v) is 7.56. The van der Waals surface area contributed by atoms with Gasteiger partial charge in [0.25, 0.3) is 0 Å². The van der Waals surface area contributed by atoms with Gasteiger partial charge < -0.3 is 20.5 Å². The standard InChI is InChI=1S/C20H24N4O2/c1-12-8-14-6-7-15(10-16(14)22-12)21-13(2)9-19(25)23-18-11-17(26-24-18)20(3,4)5/h6-7,10-11,21-22H,1-2,8-9H2,3-5H3,(H,23,24,25). The summed E-state index contributed by atoms with van der Waals surface area (Å²) < 4.78 is 5.27. The molecule has 6 heteroatoms. The second kappa shape index (κ2) is 6.71. The first-order chi connectivity index (χ1) is 12.2. The van der Waals surface area contributed by atoms with Crippen molar-refractivity contribution in [1.82, 2.24) is 5.16 Å². The molecule has 0 atom stereocenters. The van der Waals surface area contributed by atoms with E-state index in [1.807, 2.05) is 39.0 Å². The molecule has 0 unspecified atom stereocenters. The van der Waals surface area contributed by atoms with E-state index in [0.717, 1.165) is 29.3 Å². The molecule has 0 saturated heterocycles. The van der Waals surface area contributed by atoms with Crippen molar-refractivity contribution in [3.63, 3.8) is 0 Å². The van der Waals surface area contributed by atoms with Gasteiger partial charge >= 0.3 is 0 Å². The Morgan fingerprint density at radius 1 is 1.31 bits per heavy atom. The van der Waals surface area contributed by atoms with Gasteiger partial charge in [-0.3, -0.25) is 4.79 Å². The van der Waals surface area contributed by atoms with Crippen LogP contribution in [-0.2, 0) is 16.6 Å². The Kier molecular flexibility index (Phi) is 4.59. The van der Waals surface area contributed by atoms with Crippen molar-refractivity contribution in [3.8, 4) is 0 Å². The first kappa shape index (κ1) is 17.8. The number of allylic oxidation sites excluding steroid dienone is 1. The second-order valence-electron chi connectivity index (χ2n) is 7.56. The molecule has 1 aliphatic rings. The van der Waals surface area contributed by atoms with Crippen LogP contribution in [0, 0.1) is 0 Å². The summed E-state index contributed by atoms with van der Waals surface area (Å²) in [6, 6.07) is 7.74. The lowest BCUT2D eigenvalue weighted by molar-refractivity contribution is -0.115. The molecule has 3 rings (SSSR count). The molecule has 2 heterocycles. The van der Waals surface area contributed by atoms with Crippen LogP contribution in [0.1, 0.15) is 38.5 Å². The molecule has 136 valence electrons. The van der Waals surface area contributed by atoms with E-state index < -0.39 is 0 Å². The molecule has 3 N–H and O–H groups in total. The molecule has 0 radical (unpaired) electrons. The number of anilines is 3. The van der Waals surface area contributed by atoms with Gasteiger partial charge in [-0.1, -0.05) is 45.2 Å². The third kappa shape index (κ3) is 4.14. The number of amides is 1. The van der Waals surface area contributed by atoms with E-state index in [2.05, 4.69) is 34.3 Å². The molecule has 1 aromatic carbocycles. The fraction of sp³-hybridized carbons (Fsp3) is 0.300. The average molecular weight is 352 g/mol. The van der Waals surface area contributed by atoms with Crippen LogP contribution < -0.4 is 16.0 Å². The number of carbonyl (C=O) groups is 1. The fourth-order valence-corrected chi connectivity index (χ4v) is 2.71. The van der Waals surface area contributed by atoms with Crippen LogP contribution in [0.5, 0.6) is 0 Å². The predicted molar refractivity (Wildman–Crippen MR) is 104 cm³/mol. The molecule has 0 spiro atoms. The maximum Gasteiger partial charge on any atom is 0.231 e. The van der Waals surface area contributed by atoms with E-state index in [1.165, 1.54) is 5.56 Å². The highest BCUT2D eigenvalue weighted by molar-refractivity contribution is 5.91. The lowest BCUT2D eigenvalue weighted by Gasteiger charge is -2.12. The van der Waals surface area contributed by atoms with Crippen LogP contribution in [0.25, 0.3) is 0 Å². The van der Waals surface area contributed by atoms with Crippen LogP contribution in [0.2, 0.25) is 0 Å². The largest absolute Gasteiger partial charge is 0.359 e. The van der Waals surface area contributed by atoms with E-state index in [-0.39, 0.29) is 17.7 Å². The summed E-state index contributed by atoms with van der Waals surface area (Å²) >= 11 is 0. The first-order valence-corrected chi connectivity index (χ1v) is 8.50. The molecule has 0 aliphatic carbocycles. The Morgan fingerprint density at radius 3 is 2.77 bits per heavy atom. The topological polar surface area (TPSA) is 79.2 Å². The minimum Gasteiger partial charge on any atom is -0.359 e. The fourth-order valence-electron chi connectivity index (χ4n) is 2.71. The highest BCUT2D eigenvalue weighted by Crippen LogP contribution is 2.30. The Morgan fingerprint density at radius 2 is 2.08 bits per heavy atom. The van der Waals surface area contributed by atoms with Crippen molar-refractivity contribution in [2.75, 3.05) is 16.0 Å². The minimum absolute atomic E-state index is 0.134. The number of hydrogen-bond donors (Lipinski definition) is 3. The molecular weight excluding hydrogens is 328 g/mol. The van der Waals surface area contributed by atoms with Gasteiger partial charge in [-0.2, -0.15) is 0 Å². The van der Waals surface area contributed by atoms with Gasteiger partial charge in [0.05, 0.1) is 6.42 Å². The third-order valence-corrected chi connectivity index (χ3v) is 4.04. The lowest BCUT2D eigenvalue weighted by atomic mass is 9.93. The summed E-state index contributed by atoms with van der Waals surface area (Å²) in [7, 11) is 0. The summed E-state index contributed by atoms with van der Waals surface area (Å²) in [5.41, 5.74) is 4.55. The molecule has 1 amide bonds. The van der Waals surface area contributed by atoms with Crippen molar-refractivity contribution in [3.05, 3.63) is 60.1 Å². The smallest absolute Gasteiger partial charge is 0.231 e. The van der Waals surface area contributed by atoms with Gasteiger partial charge in [0, 0.05) is 40.7 Å². The zero-order valence-electron chi connectivity index (χ0n) is 15.4. The number of nitrogens with one attached hydrogen (secondary N) is 3. The quantitative estimate of drug-likeness (QED) is 0.743. The SMILES string of the molecule is C=C(CC(=O)Nc1cc(C(C)(C)C)on1)Nc1ccc2c(c1)NC(=C)C2. The van der Waals surface area contributed by atoms with Crippen LogP contribution >= 0.6 is 0 Å². The number of carbonyl (C=O) groups excluding carboxylic acids is 1. The Bertz CT molecular complexity index is 874. The number of fused-ring (bicyclic) bond motifs is 1. The summed E-state index contributed by atoms with van der Waals surface area (Å²) in [6.07, 6.45) is 0.974. The van der Waals surface area contributed by atoms with Gasteiger partial charge in [0.1, 0.15) is 5.76 Å². The number of hydrogen-bond acceptors (Lipinski definition) is 5. The Labute approximate surface area is 153 Å². The third-order valence-electron chi connectivity index (χ3n) is 4.04. The Hall–Kier alpha value is -3.02. The molecular formula is C20H24N4O2. The summed E-state index contributed by atoms with van der Waals surface area (Å²) in [6.45, 7) is 13.9. The maximum absolute atomic E-state index is 12.2. The van der Waals surface area contributed by atoms with Crippen molar-refractivity contribution in [1.29, 1.82) is 0 Å². The highest BCUT2D eigenvalue weighted by atomic mass is 16.5. The molecule has 2 aromatic rings. The highest BCUT2D eigenvalue weighted by Gasteiger charge is 2.20. The van der Waals surface area contributed by atoms with Gasteiger partial charge in [-0.05, 0) is 17.7 Å². The van der Waals surface area contributed by atoms with Gasteiger partial charge in [-0.25, -0.2) is 0 Å². The average Bonchev–Trinajstić information content (AvgIpc) is 3.11. The van der Waals surface area contributed by atoms with Gasteiger partial charge in [-0.15, -0.1) is 0 Å². The zero-order valence-corrected chi connectivity index (χ0v) is 15.4. The molecule has 0 saturated carbocycles. The summed E-state index contributed by atoms with van der Waals surface area (Å²) in [5.74, 6) is 0.925. The number of nitrogens with zero attached hydrogens (tertiary/aromatic N) is 1. The van der Waals surface area contributed by atoms with Gasteiger partial charge in [0.2, 0.25) is 5.91 Å². The van der Waals surface area contributed by atoms with E-state index in [0.29, 0.717) is 11.5 Å².